The average Bonchev–Trinajstić information content (AvgIpc) is 2.41. The molecule has 5 nitrogen and oxygen atoms in total. The molecule has 20 heavy (non-hydrogen) atoms. The van der Waals surface area contributed by atoms with Crippen molar-refractivity contribution in [2.24, 2.45) is 0 Å². The van der Waals surface area contributed by atoms with Crippen LogP contribution in [0.15, 0.2) is 29.2 Å². The Labute approximate surface area is 118 Å². The van der Waals surface area contributed by atoms with Gasteiger partial charge in [0.15, 0.2) is 0 Å². The fraction of sp³-hybridized carbons (Fsp3) is 0.467. The minimum Gasteiger partial charge on any atom is -0.314 e. The quantitative estimate of drug-likeness (QED) is 0.878. The highest BCUT2D eigenvalue weighted by molar-refractivity contribution is 5.41. The molecule has 1 atom stereocenters. The topological polar surface area (TPSA) is 49.6 Å². The molecule has 0 spiro atoms. The van der Waals surface area contributed by atoms with E-state index >= 15 is 0 Å². The van der Waals surface area contributed by atoms with Crippen LogP contribution >= 0.6 is 0 Å². The van der Waals surface area contributed by atoms with Gasteiger partial charge in [-0.1, -0.05) is 0 Å². The summed E-state index contributed by atoms with van der Waals surface area (Å²) in [6, 6.07) is 6.00. The van der Waals surface area contributed by atoms with Crippen LogP contribution in [0.5, 0.6) is 0 Å². The minimum atomic E-state index is -0.00668. The zero-order valence-electron chi connectivity index (χ0n) is 12.0. The van der Waals surface area contributed by atoms with Gasteiger partial charge in [-0.05, 0) is 31.5 Å². The van der Waals surface area contributed by atoms with Crippen molar-refractivity contribution in [2.75, 3.05) is 19.6 Å². The van der Waals surface area contributed by atoms with Gasteiger partial charge in [0.2, 0.25) is 0 Å². The second-order valence-electron chi connectivity index (χ2n) is 5.54. The molecule has 1 N–H and O–H groups in total. The lowest BCUT2D eigenvalue weighted by molar-refractivity contribution is 0.164. The Morgan fingerprint density at radius 3 is 3.10 bits per heavy atom. The van der Waals surface area contributed by atoms with E-state index in [2.05, 4.69) is 22.1 Å². The summed E-state index contributed by atoms with van der Waals surface area (Å²) in [6.45, 7) is 7.93. The maximum atomic E-state index is 12.1. The maximum Gasteiger partial charge on any atom is 0.258 e. The molecule has 1 fully saturated rings. The lowest BCUT2D eigenvalue weighted by atomic mass is 10.2. The molecule has 0 unspecified atom stereocenters. The number of aromatic nitrogens is 2. The van der Waals surface area contributed by atoms with E-state index in [0.29, 0.717) is 6.04 Å². The van der Waals surface area contributed by atoms with Gasteiger partial charge in [0.05, 0.1) is 5.69 Å². The summed E-state index contributed by atoms with van der Waals surface area (Å²) in [5.74, 6) is 0. The second kappa shape index (κ2) is 5.34. The number of nitrogens with zero attached hydrogens (tertiary/aromatic N) is 3. The molecule has 3 heterocycles. The molecule has 5 heteroatoms. The molecule has 0 saturated carbocycles. The first-order chi connectivity index (χ1) is 9.63. The molecule has 106 valence electrons. The van der Waals surface area contributed by atoms with Crippen LogP contribution in [-0.4, -0.2) is 40.0 Å². The van der Waals surface area contributed by atoms with E-state index < -0.39 is 0 Å². The van der Waals surface area contributed by atoms with Crippen molar-refractivity contribution in [3.63, 3.8) is 0 Å². The lowest BCUT2D eigenvalue weighted by Gasteiger charge is -2.33. The van der Waals surface area contributed by atoms with E-state index in [9.17, 15) is 4.79 Å². The molecule has 2 aromatic rings. The van der Waals surface area contributed by atoms with Crippen molar-refractivity contribution in [1.82, 2.24) is 19.6 Å². The number of nitrogens with one attached hydrogen (secondary N) is 1. The van der Waals surface area contributed by atoms with Crippen molar-refractivity contribution in [3.8, 4) is 0 Å². The van der Waals surface area contributed by atoms with Crippen LogP contribution < -0.4 is 10.9 Å². The zero-order valence-corrected chi connectivity index (χ0v) is 12.0. The fourth-order valence-corrected chi connectivity index (χ4v) is 2.66. The van der Waals surface area contributed by atoms with E-state index in [0.717, 1.165) is 43.1 Å². The SMILES string of the molecule is Cc1ccn2c(=O)cc(CN3CCNC[C@@H]3C)nc2c1. The Balaban J connectivity index is 1.93. The van der Waals surface area contributed by atoms with Crippen LogP contribution in [0.2, 0.25) is 0 Å². The maximum absolute atomic E-state index is 12.1. The Morgan fingerprint density at radius 2 is 2.30 bits per heavy atom. The minimum absolute atomic E-state index is 0.00668. The molecule has 1 saturated heterocycles. The third-order valence-corrected chi connectivity index (χ3v) is 3.88. The highest BCUT2D eigenvalue weighted by Gasteiger charge is 2.18. The molecule has 0 amide bonds. The number of piperazine rings is 1. The van der Waals surface area contributed by atoms with Crippen molar-refractivity contribution in [2.45, 2.75) is 26.4 Å². The van der Waals surface area contributed by atoms with Crippen LogP contribution in [-0.2, 0) is 6.54 Å². The van der Waals surface area contributed by atoms with Crippen LogP contribution in [0.3, 0.4) is 0 Å². The summed E-state index contributed by atoms with van der Waals surface area (Å²) in [6.07, 6.45) is 1.79. The monoisotopic (exact) mass is 272 g/mol. The molecule has 0 aromatic carbocycles. The van der Waals surface area contributed by atoms with Crippen LogP contribution in [0.25, 0.3) is 5.65 Å². The molecule has 1 aliphatic heterocycles. The first kappa shape index (κ1) is 13.3. The van der Waals surface area contributed by atoms with Gasteiger partial charge in [-0.2, -0.15) is 0 Å². The van der Waals surface area contributed by atoms with Gasteiger partial charge in [-0.25, -0.2) is 4.98 Å². The summed E-state index contributed by atoms with van der Waals surface area (Å²) < 4.78 is 1.59. The Morgan fingerprint density at radius 1 is 1.45 bits per heavy atom. The number of rotatable bonds is 2. The molecule has 3 rings (SSSR count). The number of aryl methyl sites for hydroxylation is 1. The highest BCUT2D eigenvalue weighted by atomic mass is 16.1. The summed E-state index contributed by atoms with van der Waals surface area (Å²) in [5.41, 5.74) is 2.70. The second-order valence-corrected chi connectivity index (χ2v) is 5.54. The van der Waals surface area contributed by atoms with Gasteiger partial charge < -0.3 is 5.32 Å². The first-order valence-corrected chi connectivity index (χ1v) is 7.07. The largest absolute Gasteiger partial charge is 0.314 e. The summed E-state index contributed by atoms with van der Waals surface area (Å²) in [7, 11) is 0. The Bertz CT molecular complexity index is 679. The lowest BCUT2D eigenvalue weighted by Crippen LogP contribution is -2.49. The zero-order chi connectivity index (χ0) is 14.1. The predicted molar refractivity (Wildman–Crippen MR) is 78.9 cm³/mol. The first-order valence-electron chi connectivity index (χ1n) is 7.07. The van der Waals surface area contributed by atoms with Crippen molar-refractivity contribution in [1.29, 1.82) is 0 Å². The van der Waals surface area contributed by atoms with Gasteiger partial charge in [0.25, 0.3) is 5.56 Å². The van der Waals surface area contributed by atoms with Crippen LogP contribution in [0.4, 0.5) is 0 Å². The number of pyridine rings is 1. The van der Waals surface area contributed by atoms with Crippen molar-refractivity contribution >= 4 is 5.65 Å². The number of hydrogen-bond donors (Lipinski definition) is 1. The van der Waals surface area contributed by atoms with E-state index in [1.54, 1.807) is 16.7 Å². The highest BCUT2D eigenvalue weighted by Crippen LogP contribution is 2.09. The molecular formula is C15H20N4O. The smallest absolute Gasteiger partial charge is 0.258 e. The summed E-state index contributed by atoms with van der Waals surface area (Å²) >= 11 is 0. The third-order valence-electron chi connectivity index (χ3n) is 3.88. The van der Waals surface area contributed by atoms with Crippen LogP contribution in [0.1, 0.15) is 18.2 Å². The molecule has 2 aromatic heterocycles. The Hall–Kier alpha value is -1.72. The van der Waals surface area contributed by atoms with E-state index in [4.69, 9.17) is 0 Å². The van der Waals surface area contributed by atoms with Crippen molar-refractivity contribution in [3.05, 3.63) is 46.0 Å². The Kier molecular flexibility index (Phi) is 3.54. The van der Waals surface area contributed by atoms with Gasteiger partial charge in [0.1, 0.15) is 5.65 Å². The number of fused-ring (bicyclic) bond motifs is 1. The van der Waals surface area contributed by atoms with Gasteiger partial charge in [-0.3, -0.25) is 14.1 Å². The van der Waals surface area contributed by atoms with E-state index in [1.165, 1.54) is 0 Å². The third kappa shape index (κ3) is 2.59. The molecule has 0 bridgehead atoms. The fourth-order valence-electron chi connectivity index (χ4n) is 2.66. The predicted octanol–water partition coefficient (Wildman–Crippen LogP) is 0.797. The molecule has 1 aliphatic rings. The molecule has 0 radical (unpaired) electrons. The number of hydrogen-bond acceptors (Lipinski definition) is 4. The van der Waals surface area contributed by atoms with Gasteiger partial charge in [-0.15, -0.1) is 0 Å². The van der Waals surface area contributed by atoms with E-state index in [-0.39, 0.29) is 5.56 Å². The molecule has 0 aliphatic carbocycles. The summed E-state index contributed by atoms with van der Waals surface area (Å²) in [5, 5.41) is 3.37. The summed E-state index contributed by atoms with van der Waals surface area (Å²) in [4.78, 5) is 19.1. The van der Waals surface area contributed by atoms with Crippen LogP contribution in [0, 0.1) is 6.92 Å². The van der Waals surface area contributed by atoms with E-state index in [1.807, 2.05) is 19.1 Å². The van der Waals surface area contributed by atoms with Gasteiger partial charge in [0, 0.05) is 44.5 Å². The molecular weight excluding hydrogens is 252 g/mol. The standard InChI is InChI=1S/C15H20N4O/c1-11-3-5-19-14(7-11)17-13(8-15(19)20)10-18-6-4-16-9-12(18)2/h3,5,7-8,12,16H,4,6,9-10H2,1-2H3/t12-/m0/s1. The average molecular weight is 272 g/mol. The van der Waals surface area contributed by atoms with Gasteiger partial charge >= 0.3 is 0 Å². The van der Waals surface area contributed by atoms with Crippen molar-refractivity contribution < 1.29 is 0 Å². The normalized spacial score (nSPS) is 20.4.